The zero-order chi connectivity index (χ0) is 12.2. The second kappa shape index (κ2) is 5.89. The molecule has 1 fully saturated rings. The molecule has 0 saturated carbocycles. The van der Waals surface area contributed by atoms with Gasteiger partial charge in [0.25, 0.3) is 0 Å². The van der Waals surface area contributed by atoms with Crippen LogP contribution in [0, 0.1) is 5.41 Å². The van der Waals surface area contributed by atoms with E-state index in [4.69, 9.17) is 10.5 Å². The molecule has 0 bridgehead atoms. The standard InChI is InChI=1S/C11H22N2O2S/c1-4-16-6-8(2)13-10(14)11(3)7-15-5-9(11)12/h8-9H,4-7,12H2,1-3H3,(H,13,14). The van der Waals surface area contributed by atoms with E-state index in [1.807, 2.05) is 25.6 Å². The van der Waals surface area contributed by atoms with E-state index in [0.717, 1.165) is 11.5 Å². The van der Waals surface area contributed by atoms with Gasteiger partial charge in [0.1, 0.15) is 0 Å². The van der Waals surface area contributed by atoms with E-state index in [-0.39, 0.29) is 18.0 Å². The van der Waals surface area contributed by atoms with Gasteiger partial charge in [-0.05, 0) is 19.6 Å². The Kier molecular flexibility index (Phi) is 5.08. The summed E-state index contributed by atoms with van der Waals surface area (Å²) >= 11 is 1.82. The lowest BCUT2D eigenvalue weighted by molar-refractivity contribution is -0.131. The van der Waals surface area contributed by atoms with Crippen LogP contribution >= 0.6 is 11.8 Å². The highest BCUT2D eigenvalue weighted by Gasteiger charge is 2.44. The van der Waals surface area contributed by atoms with Crippen LogP contribution in [0.2, 0.25) is 0 Å². The van der Waals surface area contributed by atoms with E-state index >= 15 is 0 Å². The molecule has 0 aromatic heterocycles. The molecule has 3 N–H and O–H groups in total. The van der Waals surface area contributed by atoms with Crippen molar-refractivity contribution >= 4 is 17.7 Å². The molecule has 1 aliphatic heterocycles. The molecule has 4 nitrogen and oxygen atoms in total. The number of thioether (sulfide) groups is 1. The van der Waals surface area contributed by atoms with Crippen LogP contribution in [0.3, 0.4) is 0 Å². The van der Waals surface area contributed by atoms with E-state index in [2.05, 4.69) is 12.2 Å². The number of hydrogen-bond donors (Lipinski definition) is 2. The Morgan fingerprint density at radius 2 is 2.44 bits per heavy atom. The largest absolute Gasteiger partial charge is 0.379 e. The Bertz CT molecular complexity index is 250. The molecular weight excluding hydrogens is 224 g/mol. The topological polar surface area (TPSA) is 64.3 Å². The number of carbonyl (C=O) groups excluding carboxylic acids is 1. The Labute approximate surface area is 102 Å². The number of hydrogen-bond acceptors (Lipinski definition) is 4. The first-order valence-electron chi connectivity index (χ1n) is 5.72. The summed E-state index contributed by atoms with van der Waals surface area (Å²) in [5, 5.41) is 3.01. The first kappa shape index (κ1) is 13.8. The maximum absolute atomic E-state index is 12.1. The van der Waals surface area contributed by atoms with Gasteiger partial charge in [-0.25, -0.2) is 0 Å². The van der Waals surface area contributed by atoms with Crippen LogP contribution in [-0.4, -0.2) is 42.7 Å². The van der Waals surface area contributed by atoms with Crippen molar-refractivity contribution in [3.63, 3.8) is 0 Å². The molecule has 0 aromatic rings. The molecule has 0 aliphatic carbocycles. The van der Waals surface area contributed by atoms with Gasteiger partial charge < -0.3 is 15.8 Å². The Morgan fingerprint density at radius 3 is 2.94 bits per heavy atom. The first-order chi connectivity index (χ1) is 7.50. The predicted octanol–water partition coefficient (Wildman–Crippen LogP) is 0.608. The van der Waals surface area contributed by atoms with Gasteiger partial charge in [-0.3, -0.25) is 4.79 Å². The number of amides is 1. The monoisotopic (exact) mass is 246 g/mol. The van der Waals surface area contributed by atoms with Gasteiger partial charge in [0.15, 0.2) is 0 Å². The SMILES string of the molecule is CCSCC(C)NC(=O)C1(C)COCC1N. The van der Waals surface area contributed by atoms with Crippen molar-refractivity contribution in [2.24, 2.45) is 11.1 Å². The molecule has 1 saturated heterocycles. The molecule has 16 heavy (non-hydrogen) atoms. The summed E-state index contributed by atoms with van der Waals surface area (Å²) in [4.78, 5) is 12.1. The summed E-state index contributed by atoms with van der Waals surface area (Å²) in [5.74, 6) is 2.02. The predicted molar refractivity (Wildman–Crippen MR) is 67.5 cm³/mol. The van der Waals surface area contributed by atoms with Gasteiger partial charge in [0, 0.05) is 17.8 Å². The lowest BCUT2D eigenvalue weighted by Gasteiger charge is -2.27. The van der Waals surface area contributed by atoms with Gasteiger partial charge in [-0.2, -0.15) is 11.8 Å². The quantitative estimate of drug-likeness (QED) is 0.746. The fourth-order valence-electron chi connectivity index (χ4n) is 1.65. The van der Waals surface area contributed by atoms with Crippen LogP contribution in [0.5, 0.6) is 0 Å². The normalized spacial score (nSPS) is 31.4. The molecule has 0 aromatic carbocycles. The van der Waals surface area contributed by atoms with Crippen LogP contribution in [0.4, 0.5) is 0 Å². The van der Waals surface area contributed by atoms with Crippen molar-refractivity contribution in [1.82, 2.24) is 5.32 Å². The van der Waals surface area contributed by atoms with Gasteiger partial charge in [0.05, 0.1) is 18.6 Å². The molecule has 0 radical (unpaired) electrons. The maximum Gasteiger partial charge on any atom is 0.230 e. The molecule has 0 spiro atoms. The van der Waals surface area contributed by atoms with E-state index in [1.165, 1.54) is 0 Å². The molecule has 3 atom stereocenters. The second-order valence-corrected chi connectivity index (χ2v) is 5.89. The van der Waals surface area contributed by atoms with E-state index in [0.29, 0.717) is 13.2 Å². The van der Waals surface area contributed by atoms with Crippen molar-refractivity contribution in [3.05, 3.63) is 0 Å². The lowest BCUT2D eigenvalue weighted by atomic mass is 9.84. The van der Waals surface area contributed by atoms with E-state index < -0.39 is 5.41 Å². The molecule has 1 heterocycles. The first-order valence-corrected chi connectivity index (χ1v) is 6.88. The van der Waals surface area contributed by atoms with Crippen LogP contribution < -0.4 is 11.1 Å². The minimum Gasteiger partial charge on any atom is -0.379 e. The van der Waals surface area contributed by atoms with Gasteiger partial charge >= 0.3 is 0 Å². The number of nitrogens with one attached hydrogen (secondary N) is 1. The average Bonchev–Trinajstić information content (AvgIpc) is 2.57. The van der Waals surface area contributed by atoms with Crippen molar-refractivity contribution in [2.75, 3.05) is 24.7 Å². The van der Waals surface area contributed by atoms with Crippen LogP contribution in [-0.2, 0) is 9.53 Å². The third-order valence-corrected chi connectivity index (χ3v) is 4.13. The average molecular weight is 246 g/mol. The third kappa shape index (κ3) is 3.12. The summed E-state index contributed by atoms with van der Waals surface area (Å²) in [7, 11) is 0. The number of ether oxygens (including phenoxy) is 1. The summed E-state index contributed by atoms with van der Waals surface area (Å²) in [6.07, 6.45) is 0. The second-order valence-electron chi connectivity index (χ2n) is 4.57. The summed E-state index contributed by atoms with van der Waals surface area (Å²) in [6.45, 7) is 6.90. The molecule has 94 valence electrons. The maximum atomic E-state index is 12.1. The smallest absolute Gasteiger partial charge is 0.230 e. The third-order valence-electron chi connectivity index (χ3n) is 2.99. The van der Waals surface area contributed by atoms with Crippen molar-refractivity contribution in [2.45, 2.75) is 32.9 Å². The lowest BCUT2D eigenvalue weighted by Crippen LogP contribution is -2.52. The fraction of sp³-hybridized carbons (Fsp3) is 0.909. The molecule has 5 heteroatoms. The Hall–Kier alpha value is -0.260. The molecule has 3 unspecified atom stereocenters. The van der Waals surface area contributed by atoms with Gasteiger partial charge in [0.2, 0.25) is 5.91 Å². The fourth-order valence-corrected chi connectivity index (χ4v) is 2.32. The van der Waals surface area contributed by atoms with Crippen molar-refractivity contribution in [3.8, 4) is 0 Å². The van der Waals surface area contributed by atoms with Crippen LogP contribution in [0.15, 0.2) is 0 Å². The van der Waals surface area contributed by atoms with Crippen molar-refractivity contribution in [1.29, 1.82) is 0 Å². The molecular formula is C11H22N2O2S. The number of rotatable bonds is 5. The van der Waals surface area contributed by atoms with Crippen LogP contribution in [0.25, 0.3) is 0 Å². The highest BCUT2D eigenvalue weighted by atomic mass is 32.2. The van der Waals surface area contributed by atoms with Crippen molar-refractivity contribution < 1.29 is 9.53 Å². The van der Waals surface area contributed by atoms with Gasteiger partial charge in [-0.15, -0.1) is 0 Å². The Balaban J connectivity index is 2.45. The highest BCUT2D eigenvalue weighted by Crippen LogP contribution is 2.27. The minimum absolute atomic E-state index is 0.0155. The zero-order valence-corrected chi connectivity index (χ0v) is 11.1. The zero-order valence-electron chi connectivity index (χ0n) is 10.3. The Morgan fingerprint density at radius 1 is 1.75 bits per heavy atom. The van der Waals surface area contributed by atoms with Gasteiger partial charge in [-0.1, -0.05) is 6.92 Å². The summed E-state index contributed by atoms with van der Waals surface area (Å²) in [5.41, 5.74) is 5.33. The number of carbonyl (C=O) groups is 1. The molecule has 1 rings (SSSR count). The highest BCUT2D eigenvalue weighted by molar-refractivity contribution is 7.99. The molecule has 1 aliphatic rings. The van der Waals surface area contributed by atoms with E-state index in [9.17, 15) is 4.79 Å². The molecule has 1 amide bonds. The minimum atomic E-state index is -0.564. The summed E-state index contributed by atoms with van der Waals surface area (Å²) < 4.78 is 5.27. The summed E-state index contributed by atoms with van der Waals surface area (Å²) in [6, 6.07) is -0.0133. The van der Waals surface area contributed by atoms with E-state index in [1.54, 1.807) is 0 Å². The van der Waals surface area contributed by atoms with Crippen LogP contribution in [0.1, 0.15) is 20.8 Å². The number of nitrogens with two attached hydrogens (primary N) is 1.